The van der Waals surface area contributed by atoms with Crippen molar-refractivity contribution in [1.82, 2.24) is 4.98 Å². The molecule has 0 atom stereocenters. The largest absolute Gasteiger partial charge is 0.481 e. The van der Waals surface area contributed by atoms with Crippen LogP contribution in [0.4, 0.5) is 10.1 Å². The SMILES string of the molecule is CCCC1(C(=O)O)CCN(c2ncc([N+](=O)[O-])s2)CC1. The normalized spacial score (nSPS) is 17.9. The number of piperidine rings is 1. The molecule has 0 bridgehead atoms. The summed E-state index contributed by atoms with van der Waals surface area (Å²) in [4.78, 5) is 27.7. The summed E-state index contributed by atoms with van der Waals surface area (Å²) in [6, 6.07) is 0. The lowest BCUT2D eigenvalue weighted by Crippen LogP contribution is -2.44. The Labute approximate surface area is 120 Å². The third kappa shape index (κ3) is 2.74. The first kappa shape index (κ1) is 14.7. The highest BCUT2D eigenvalue weighted by atomic mass is 32.1. The van der Waals surface area contributed by atoms with Crippen LogP contribution in [0.5, 0.6) is 0 Å². The standard InChI is InChI=1S/C12H17N3O4S/c1-2-3-12(10(16)17)4-6-14(7-5-12)11-13-8-9(20-11)15(18)19/h8H,2-7H2,1H3,(H,16,17). The van der Waals surface area contributed by atoms with Crippen LogP contribution in [0.2, 0.25) is 0 Å². The highest BCUT2D eigenvalue weighted by Gasteiger charge is 2.41. The van der Waals surface area contributed by atoms with Crippen molar-refractivity contribution in [3.05, 3.63) is 16.3 Å². The van der Waals surface area contributed by atoms with Gasteiger partial charge in [0.25, 0.3) is 0 Å². The first-order valence-corrected chi connectivity index (χ1v) is 7.39. The molecule has 1 N–H and O–H groups in total. The Kier molecular flexibility index (Phi) is 4.22. The van der Waals surface area contributed by atoms with Crippen LogP contribution in [0, 0.1) is 15.5 Å². The summed E-state index contributed by atoms with van der Waals surface area (Å²) in [6.45, 7) is 3.15. The van der Waals surface area contributed by atoms with Crippen molar-refractivity contribution in [2.45, 2.75) is 32.6 Å². The topological polar surface area (TPSA) is 96.6 Å². The van der Waals surface area contributed by atoms with E-state index in [1.54, 1.807) is 0 Å². The zero-order chi connectivity index (χ0) is 14.8. The predicted octanol–water partition coefficient (Wildman–Crippen LogP) is 2.52. The maximum Gasteiger partial charge on any atom is 0.345 e. The van der Waals surface area contributed by atoms with Crippen molar-refractivity contribution < 1.29 is 14.8 Å². The summed E-state index contributed by atoms with van der Waals surface area (Å²) in [6.07, 6.45) is 3.89. The zero-order valence-electron chi connectivity index (χ0n) is 11.2. The molecule has 0 unspecified atom stereocenters. The van der Waals surface area contributed by atoms with E-state index in [2.05, 4.69) is 4.98 Å². The summed E-state index contributed by atoms with van der Waals surface area (Å²) in [7, 11) is 0. The van der Waals surface area contributed by atoms with Crippen molar-refractivity contribution in [2.75, 3.05) is 18.0 Å². The molecule has 1 aromatic heterocycles. The van der Waals surface area contributed by atoms with Crippen LogP contribution in [0.1, 0.15) is 32.6 Å². The monoisotopic (exact) mass is 299 g/mol. The summed E-state index contributed by atoms with van der Waals surface area (Å²) in [5.41, 5.74) is -0.644. The highest BCUT2D eigenvalue weighted by molar-refractivity contribution is 7.18. The third-order valence-corrected chi connectivity index (χ3v) is 4.84. The first-order valence-electron chi connectivity index (χ1n) is 6.57. The van der Waals surface area contributed by atoms with Crippen molar-refractivity contribution in [2.24, 2.45) is 5.41 Å². The van der Waals surface area contributed by atoms with Crippen LogP contribution in [0.15, 0.2) is 6.20 Å². The van der Waals surface area contributed by atoms with Crippen LogP contribution < -0.4 is 4.90 Å². The Morgan fingerprint density at radius 1 is 1.60 bits per heavy atom. The fourth-order valence-corrected chi connectivity index (χ4v) is 3.45. The molecule has 2 rings (SSSR count). The van der Waals surface area contributed by atoms with E-state index in [9.17, 15) is 20.0 Å². The molecule has 1 aliphatic rings. The molecule has 0 spiro atoms. The van der Waals surface area contributed by atoms with Crippen molar-refractivity contribution in [3.63, 3.8) is 0 Å². The van der Waals surface area contributed by atoms with Gasteiger partial charge >= 0.3 is 11.0 Å². The van der Waals surface area contributed by atoms with Crippen LogP contribution >= 0.6 is 11.3 Å². The predicted molar refractivity (Wildman–Crippen MR) is 75.2 cm³/mol. The van der Waals surface area contributed by atoms with E-state index in [4.69, 9.17) is 0 Å². The van der Waals surface area contributed by atoms with Gasteiger partial charge in [-0.2, -0.15) is 0 Å². The summed E-state index contributed by atoms with van der Waals surface area (Å²) < 4.78 is 0. The van der Waals surface area contributed by atoms with E-state index < -0.39 is 16.3 Å². The van der Waals surface area contributed by atoms with Crippen LogP contribution in [-0.2, 0) is 4.79 Å². The van der Waals surface area contributed by atoms with Crippen molar-refractivity contribution in [3.8, 4) is 0 Å². The maximum atomic E-state index is 11.5. The number of aromatic nitrogens is 1. The van der Waals surface area contributed by atoms with Gasteiger partial charge in [0.05, 0.1) is 10.3 Å². The first-order chi connectivity index (χ1) is 9.48. The molecule has 110 valence electrons. The van der Waals surface area contributed by atoms with E-state index in [1.165, 1.54) is 6.20 Å². The molecule has 0 aliphatic carbocycles. The second-order valence-electron chi connectivity index (χ2n) is 5.06. The summed E-state index contributed by atoms with van der Waals surface area (Å²) in [5.74, 6) is -0.732. The van der Waals surface area contributed by atoms with Gasteiger partial charge in [-0.1, -0.05) is 13.3 Å². The number of anilines is 1. The number of aliphatic carboxylic acids is 1. The fraction of sp³-hybridized carbons (Fsp3) is 0.667. The minimum atomic E-state index is -0.732. The van der Waals surface area contributed by atoms with E-state index in [-0.39, 0.29) is 5.00 Å². The maximum absolute atomic E-state index is 11.5. The zero-order valence-corrected chi connectivity index (χ0v) is 12.1. The molecule has 0 aromatic carbocycles. The molecule has 1 fully saturated rings. The van der Waals surface area contributed by atoms with Crippen LogP contribution in [0.25, 0.3) is 0 Å². The molecule has 0 amide bonds. The molecule has 8 heteroatoms. The molecule has 1 aliphatic heterocycles. The Morgan fingerprint density at radius 2 is 2.25 bits per heavy atom. The Hall–Kier alpha value is -1.70. The number of carboxylic acid groups (broad SMARTS) is 1. The Morgan fingerprint density at radius 3 is 2.70 bits per heavy atom. The quantitative estimate of drug-likeness (QED) is 0.663. The lowest BCUT2D eigenvalue weighted by molar-refractivity contribution is -0.380. The molecule has 1 aromatic rings. The second-order valence-corrected chi connectivity index (χ2v) is 6.05. The van der Waals surface area contributed by atoms with E-state index >= 15 is 0 Å². The molecular weight excluding hydrogens is 282 g/mol. The summed E-state index contributed by atoms with van der Waals surface area (Å²) >= 11 is 1.04. The van der Waals surface area contributed by atoms with Gasteiger partial charge in [0.2, 0.25) is 0 Å². The molecule has 20 heavy (non-hydrogen) atoms. The number of carboxylic acids is 1. The smallest absolute Gasteiger partial charge is 0.345 e. The van der Waals surface area contributed by atoms with Gasteiger partial charge in [0, 0.05) is 13.1 Å². The number of nitrogens with zero attached hydrogens (tertiary/aromatic N) is 3. The second kappa shape index (κ2) is 5.74. The Bertz CT molecular complexity index is 509. The number of hydrogen-bond donors (Lipinski definition) is 1. The minimum absolute atomic E-state index is 0.0172. The number of hydrogen-bond acceptors (Lipinski definition) is 6. The minimum Gasteiger partial charge on any atom is -0.481 e. The number of rotatable bonds is 5. The van der Waals surface area contributed by atoms with Crippen LogP contribution in [0.3, 0.4) is 0 Å². The average molecular weight is 299 g/mol. The van der Waals surface area contributed by atoms with Gasteiger partial charge in [-0.15, -0.1) is 0 Å². The number of nitro groups is 1. The molecule has 0 saturated carbocycles. The van der Waals surface area contributed by atoms with Gasteiger partial charge in [-0.3, -0.25) is 14.9 Å². The van der Waals surface area contributed by atoms with E-state index in [0.717, 1.165) is 17.8 Å². The fourth-order valence-electron chi connectivity index (χ4n) is 2.66. The van der Waals surface area contributed by atoms with Gasteiger partial charge in [-0.25, -0.2) is 4.98 Å². The highest BCUT2D eigenvalue weighted by Crippen LogP contribution is 2.39. The van der Waals surface area contributed by atoms with Crippen LogP contribution in [-0.4, -0.2) is 34.1 Å². The van der Waals surface area contributed by atoms with Crippen molar-refractivity contribution >= 4 is 27.4 Å². The molecule has 7 nitrogen and oxygen atoms in total. The molecule has 2 heterocycles. The van der Waals surface area contributed by atoms with Crippen molar-refractivity contribution in [1.29, 1.82) is 0 Å². The average Bonchev–Trinajstić information content (AvgIpc) is 2.89. The van der Waals surface area contributed by atoms with Gasteiger partial charge in [0.15, 0.2) is 5.13 Å². The number of carbonyl (C=O) groups is 1. The van der Waals surface area contributed by atoms with Gasteiger partial charge in [-0.05, 0) is 30.6 Å². The van der Waals surface area contributed by atoms with E-state index in [1.807, 2.05) is 11.8 Å². The lowest BCUT2D eigenvalue weighted by atomic mass is 9.75. The molecule has 0 radical (unpaired) electrons. The van der Waals surface area contributed by atoms with Gasteiger partial charge in [0.1, 0.15) is 6.20 Å². The lowest BCUT2D eigenvalue weighted by Gasteiger charge is -2.38. The number of thiazole rings is 1. The van der Waals surface area contributed by atoms with Gasteiger partial charge < -0.3 is 10.0 Å². The summed E-state index contributed by atoms with van der Waals surface area (Å²) in [5, 5.41) is 20.7. The molecular formula is C12H17N3O4S. The Balaban J connectivity index is 2.06. The molecule has 1 saturated heterocycles. The van der Waals surface area contributed by atoms with E-state index in [0.29, 0.717) is 37.5 Å². The third-order valence-electron chi connectivity index (χ3n) is 3.83.